The van der Waals surface area contributed by atoms with Crippen molar-refractivity contribution in [1.82, 2.24) is 0 Å². The fourth-order valence-corrected chi connectivity index (χ4v) is 1.89. The number of unbranched alkanes of at least 4 members (excludes halogenated alkanes) is 4. The molecule has 0 unspecified atom stereocenters. The molecule has 0 aliphatic rings. The standard InChI is InChI=1S/2C7H16.4C4H10.12C2H6/c2*1-6(2)5-7(3)4;4*1-3-4-2;12*1-2/h2*6-7H,5H2,1-4H3;4*3-4H2,1-2H3;12*1-2H3. The van der Waals surface area contributed by atoms with Crippen molar-refractivity contribution in [3.63, 3.8) is 0 Å². The summed E-state index contributed by atoms with van der Waals surface area (Å²) in [5.41, 5.74) is 0. The van der Waals surface area contributed by atoms with Crippen LogP contribution in [0.2, 0.25) is 0 Å². The molecule has 0 N–H and O–H groups in total. The van der Waals surface area contributed by atoms with Gasteiger partial charge >= 0.3 is 0 Å². The van der Waals surface area contributed by atoms with E-state index in [2.05, 4.69) is 111 Å². The van der Waals surface area contributed by atoms with Crippen molar-refractivity contribution in [2.45, 2.75) is 341 Å². The van der Waals surface area contributed by atoms with E-state index in [1.165, 1.54) is 64.2 Å². The fourth-order valence-electron chi connectivity index (χ4n) is 1.89. The second kappa shape index (κ2) is 296. The van der Waals surface area contributed by atoms with E-state index in [0.29, 0.717) is 0 Å². The minimum absolute atomic E-state index is 0.875. The van der Waals surface area contributed by atoms with Gasteiger partial charge in [-0.05, 0) is 36.5 Å². The Kier molecular flexibility index (Phi) is 642. The van der Waals surface area contributed by atoms with Gasteiger partial charge in [0.15, 0.2) is 0 Å². The maximum absolute atomic E-state index is 2.26. The summed E-state index contributed by atoms with van der Waals surface area (Å²) < 4.78 is 0. The third-order valence-corrected chi connectivity index (χ3v) is 3.89. The Morgan fingerprint density at radius 1 is 0.167 bits per heavy atom. The van der Waals surface area contributed by atoms with Gasteiger partial charge in [0.25, 0.3) is 0 Å². The Bertz CT molecular complexity index is 138. The van der Waals surface area contributed by atoms with Crippen LogP contribution in [0.4, 0.5) is 0 Å². The van der Waals surface area contributed by atoms with Crippen LogP contribution in [0.15, 0.2) is 0 Å². The van der Waals surface area contributed by atoms with Crippen LogP contribution in [0.3, 0.4) is 0 Å². The lowest BCUT2D eigenvalue weighted by atomic mass is 10.0. The van der Waals surface area contributed by atoms with E-state index in [1.54, 1.807) is 0 Å². The van der Waals surface area contributed by atoms with Crippen molar-refractivity contribution in [2.24, 2.45) is 23.7 Å². The van der Waals surface area contributed by atoms with Gasteiger partial charge in [-0.15, -0.1) is 0 Å². The molecule has 0 aliphatic carbocycles. The molecule has 0 aliphatic heterocycles. The molecule has 0 aromatic heterocycles. The molecular formula is C54H144. The lowest BCUT2D eigenvalue weighted by molar-refractivity contribution is 0.469. The predicted molar refractivity (Wildman–Crippen MR) is 287 cm³/mol. The summed E-state index contributed by atoms with van der Waals surface area (Å²) in [4.78, 5) is 0. The maximum atomic E-state index is 2.26. The van der Waals surface area contributed by atoms with Gasteiger partial charge < -0.3 is 0 Å². The Morgan fingerprint density at radius 3 is 0.222 bits per heavy atom. The minimum Gasteiger partial charge on any atom is -0.0683 e. The van der Waals surface area contributed by atoms with E-state index >= 15 is 0 Å². The van der Waals surface area contributed by atoms with Crippen LogP contribution in [0, 0.1) is 23.7 Å². The first kappa shape index (κ1) is 117. The van der Waals surface area contributed by atoms with Crippen molar-refractivity contribution >= 4 is 0 Å². The zero-order valence-corrected chi connectivity index (χ0v) is 49.4. The van der Waals surface area contributed by atoms with Crippen LogP contribution in [-0.2, 0) is 0 Å². The van der Waals surface area contributed by atoms with Crippen molar-refractivity contribution in [3.05, 3.63) is 0 Å². The van der Waals surface area contributed by atoms with Crippen LogP contribution in [-0.4, -0.2) is 0 Å². The molecule has 0 saturated heterocycles. The van der Waals surface area contributed by atoms with Gasteiger partial charge in [0, 0.05) is 0 Å². The molecule has 0 rings (SSSR count). The quantitative estimate of drug-likeness (QED) is 0.230. The molecule has 0 amide bonds. The van der Waals surface area contributed by atoms with Gasteiger partial charge in [-0.2, -0.15) is 0 Å². The number of rotatable bonds is 8. The van der Waals surface area contributed by atoms with E-state index in [1.807, 2.05) is 166 Å². The first-order valence-electron chi connectivity index (χ1n) is 25.9. The third kappa shape index (κ3) is 939. The van der Waals surface area contributed by atoms with Crippen molar-refractivity contribution in [3.8, 4) is 0 Å². The van der Waals surface area contributed by atoms with Crippen LogP contribution in [0.5, 0.6) is 0 Å². The maximum Gasteiger partial charge on any atom is -0.0469 e. The Hall–Kier alpha value is 0. The van der Waals surface area contributed by atoms with Gasteiger partial charge in [-0.25, -0.2) is 0 Å². The van der Waals surface area contributed by atoms with E-state index in [-0.39, 0.29) is 0 Å². The summed E-state index contributed by atoms with van der Waals surface area (Å²) in [5, 5.41) is 0. The van der Waals surface area contributed by atoms with E-state index in [9.17, 15) is 0 Å². The molecule has 0 aromatic rings. The molecule has 0 aromatic carbocycles. The third-order valence-electron chi connectivity index (χ3n) is 3.89. The van der Waals surface area contributed by atoms with Gasteiger partial charge in [-0.1, -0.05) is 328 Å². The fraction of sp³-hybridized carbons (Fsp3) is 1.00. The molecule has 54 heavy (non-hydrogen) atoms. The lowest BCUT2D eigenvalue weighted by Gasteiger charge is -2.05. The van der Waals surface area contributed by atoms with Crippen LogP contribution >= 0.6 is 0 Å². The van der Waals surface area contributed by atoms with Gasteiger partial charge in [0.1, 0.15) is 0 Å². The van der Waals surface area contributed by atoms with Gasteiger partial charge in [0.05, 0.1) is 0 Å². The highest BCUT2D eigenvalue weighted by Gasteiger charge is 1.96. The van der Waals surface area contributed by atoms with Crippen LogP contribution in [0.25, 0.3) is 0 Å². The molecule has 0 bridgehead atoms. The lowest BCUT2D eigenvalue weighted by Crippen LogP contribution is -1.93. The van der Waals surface area contributed by atoms with Crippen LogP contribution < -0.4 is 0 Å². The zero-order valence-electron chi connectivity index (χ0n) is 49.4. The summed E-state index contributed by atoms with van der Waals surface area (Å²) >= 11 is 0. The summed E-state index contributed by atoms with van der Waals surface area (Å²) in [6.45, 7) is 83.6. The number of hydrogen-bond acceptors (Lipinski definition) is 0. The summed E-state index contributed by atoms with van der Waals surface area (Å²) in [6.07, 6.45) is 13.3. The highest BCUT2D eigenvalue weighted by molar-refractivity contribution is 4.48. The number of hydrogen-bond donors (Lipinski definition) is 0. The summed E-state index contributed by atoms with van der Waals surface area (Å²) in [7, 11) is 0. The highest BCUT2D eigenvalue weighted by atomic mass is 14.0. The second-order valence-electron chi connectivity index (χ2n) is 10.0. The molecule has 0 heterocycles. The smallest absolute Gasteiger partial charge is 0.0469 e. The molecule has 0 nitrogen and oxygen atoms in total. The average molecular weight is 794 g/mol. The van der Waals surface area contributed by atoms with Gasteiger partial charge in [-0.3, -0.25) is 0 Å². The normalized spacial score (nSPS) is 6.44. The Balaban J connectivity index is -0.0000000163. The first-order valence-corrected chi connectivity index (χ1v) is 25.9. The second-order valence-corrected chi connectivity index (χ2v) is 10.0. The van der Waals surface area contributed by atoms with Crippen molar-refractivity contribution < 1.29 is 0 Å². The summed E-state index contributed by atoms with van der Waals surface area (Å²) in [6, 6.07) is 0. The van der Waals surface area contributed by atoms with Gasteiger partial charge in [0.2, 0.25) is 0 Å². The molecular weight excluding hydrogens is 649 g/mol. The van der Waals surface area contributed by atoms with E-state index in [0.717, 1.165) is 23.7 Å². The molecule has 0 heteroatoms. The monoisotopic (exact) mass is 793 g/mol. The van der Waals surface area contributed by atoms with E-state index < -0.39 is 0 Å². The topological polar surface area (TPSA) is 0 Å². The molecule has 0 radical (unpaired) electrons. The van der Waals surface area contributed by atoms with Crippen LogP contribution in [0.1, 0.15) is 341 Å². The first-order chi connectivity index (χ1) is 25.9. The average Bonchev–Trinajstić information content (AvgIpc) is 3.26. The molecule has 360 valence electrons. The largest absolute Gasteiger partial charge is 0.0683 e. The SMILES string of the molecule is CC.CC.CC.CC.CC.CC.CC.CC.CC.CC.CC.CC.CC(C)CC(C)C.CC(C)CC(C)C.CCCC.CCCC.CCCC.CCCC. The minimum atomic E-state index is 0.875. The molecule has 0 atom stereocenters. The van der Waals surface area contributed by atoms with E-state index in [4.69, 9.17) is 0 Å². The molecule has 0 fully saturated rings. The Labute approximate surface area is 363 Å². The highest BCUT2D eigenvalue weighted by Crippen LogP contribution is 2.08. The van der Waals surface area contributed by atoms with Crippen molar-refractivity contribution in [1.29, 1.82) is 0 Å². The predicted octanol–water partition coefficient (Wildman–Crippen LogP) is 24.9. The van der Waals surface area contributed by atoms with Crippen molar-refractivity contribution in [2.75, 3.05) is 0 Å². The summed E-state index contributed by atoms with van der Waals surface area (Å²) in [5.74, 6) is 3.50. The zero-order chi connectivity index (χ0) is 49.4. The molecule has 0 spiro atoms. The Morgan fingerprint density at radius 2 is 0.222 bits per heavy atom. The molecule has 0 saturated carbocycles.